The Morgan fingerprint density at radius 1 is 1.29 bits per heavy atom. The van der Waals surface area contributed by atoms with Crippen molar-refractivity contribution in [3.8, 4) is 5.69 Å². The van der Waals surface area contributed by atoms with Crippen molar-refractivity contribution in [1.29, 1.82) is 0 Å². The predicted molar refractivity (Wildman–Crippen MR) is 109 cm³/mol. The van der Waals surface area contributed by atoms with Crippen LogP contribution in [0, 0.1) is 11.7 Å². The third-order valence-corrected chi connectivity index (χ3v) is 4.84. The first kappa shape index (κ1) is 20.3. The lowest BCUT2D eigenvalue weighted by atomic mass is 10.1. The van der Waals surface area contributed by atoms with E-state index in [0.29, 0.717) is 12.5 Å². The molecule has 1 N–H and O–H groups in total. The minimum atomic E-state index is -0.244. The van der Waals surface area contributed by atoms with Crippen molar-refractivity contribution in [3.05, 3.63) is 48.0 Å². The van der Waals surface area contributed by atoms with Crippen molar-refractivity contribution in [2.75, 3.05) is 39.4 Å². The van der Waals surface area contributed by atoms with Gasteiger partial charge in [-0.3, -0.25) is 4.99 Å². The van der Waals surface area contributed by atoms with E-state index in [1.165, 1.54) is 12.1 Å². The fourth-order valence-corrected chi connectivity index (χ4v) is 3.38. The molecule has 1 fully saturated rings. The number of hydrogen-bond donors (Lipinski definition) is 1. The van der Waals surface area contributed by atoms with E-state index in [9.17, 15) is 4.39 Å². The van der Waals surface area contributed by atoms with Crippen LogP contribution in [-0.4, -0.2) is 60.0 Å². The molecule has 1 atom stereocenters. The maximum Gasteiger partial charge on any atom is 0.193 e. The highest BCUT2D eigenvalue weighted by atomic mass is 19.1. The van der Waals surface area contributed by atoms with Gasteiger partial charge >= 0.3 is 0 Å². The molecule has 152 valence electrons. The van der Waals surface area contributed by atoms with Crippen molar-refractivity contribution in [3.63, 3.8) is 0 Å². The maximum atomic E-state index is 13.1. The largest absolute Gasteiger partial charge is 0.381 e. The molecule has 2 heterocycles. The summed E-state index contributed by atoms with van der Waals surface area (Å²) in [4.78, 5) is 7.11. The van der Waals surface area contributed by atoms with Gasteiger partial charge in [-0.15, -0.1) is 0 Å². The topological polar surface area (TPSA) is 54.7 Å². The summed E-state index contributed by atoms with van der Waals surface area (Å²) in [5.74, 6) is 1.31. The van der Waals surface area contributed by atoms with E-state index in [4.69, 9.17) is 9.73 Å². The highest BCUT2D eigenvalue weighted by molar-refractivity contribution is 5.80. The van der Waals surface area contributed by atoms with Crippen molar-refractivity contribution in [2.24, 2.45) is 10.9 Å². The Morgan fingerprint density at radius 2 is 2.11 bits per heavy atom. The number of benzene rings is 1. The Kier molecular flexibility index (Phi) is 7.42. The molecule has 0 spiro atoms. The molecule has 28 heavy (non-hydrogen) atoms. The first-order valence-corrected chi connectivity index (χ1v) is 10.1. The molecule has 1 aliphatic heterocycles. The molecule has 0 radical (unpaired) electrons. The number of hydrogen-bond acceptors (Lipinski definition) is 3. The van der Waals surface area contributed by atoms with Crippen molar-refractivity contribution < 1.29 is 9.13 Å². The fourth-order valence-electron chi connectivity index (χ4n) is 3.38. The molecule has 1 saturated heterocycles. The number of likely N-dealkylation sites (tertiary alicyclic amines) is 1. The third-order valence-electron chi connectivity index (χ3n) is 4.84. The van der Waals surface area contributed by atoms with E-state index in [1.807, 2.05) is 19.2 Å². The number of nitrogens with one attached hydrogen (secondary N) is 1. The number of aliphatic imine (C=N–C) groups is 1. The highest BCUT2D eigenvalue weighted by Crippen LogP contribution is 2.16. The van der Waals surface area contributed by atoms with Crippen LogP contribution < -0.4 is 5.32 Å². The van der Waals surface area contributed by atoms with Crippen molar-refractivity contribution in [2.45, 2.75) is 26.7 Å². The summed E-state index contributed by atoms with van der Waals surface area (Å²) in [6.45, 7) is 9.26. The number of rotatable bonds is 8. The smallest absolute Gasteiger partial charge is 0.193 e. The Morgan fingerprint density at radius 3 is 2.86 bits per heavy atom. The molecule has 1 aliphatic rings. The summed E-state index contributed by atoms with van der Waals surface area (Å²) in [6.07, 6.45) is 3.81. The van der Waals surface area contributed by atoms with Gasteiger partial charge in [-0.05, 0) is 50.6 Å². The second-order valence-corrected chi connectivity index (χ2v) is 6.97. The molecule has 0 saturated carbocycles. The predicted octanol–water partition coefficient (Wildman–Crippen LogP) is 2.88. The van der Waals surface area contributed by atoms with Gasteiger partial charge in [-0.1, -0.05) is 0 Å². The van der Waals surface area contributed by atoms with Gasteiger partial charge in [0.25, 0.3) is 0 Å². The van der Waals surface area contributed by atoms with Crippen molar-refractivity contribution in [1.82, 2.24) is 20.0 Å². The number of aromatic nitrogens is 2. The van der Waals surface area contributed by atoms with Crippen LogP contribution in [0.1, 0.15) is 26.0 Å². The molecule has 7 heteroatoms. The number of nitrogens with zero attached hydrogens (tertiary/aromatic N) is 4. The Bertz CT molecular complexity index is 758. The third kappa shape index (κ3) is 5.55. The summed E-state index contributed by atoms with van der Waals surface area (Å²) in [7, 11) is 0. The maximum absolute atomic E-state index is 13.1. The molecule has 3 rings (SSSR count). The number of guanidine groups is 1. The fraction of sp³-hybridized carbons (Fsp3) is 0.524. The second kappa shape index (κ2) is 10.2. The quantitative estimate of drug-likeness (QED) is 0.559. The molecule has 6 nitrogen and oxygen atoms in total. The second-order valence-electron chi connectivity index (χ2n) is 6.97. The van der Waals surface area contributed by atoms with Crippen LogP contribution in [0.15, 0.2) is 41.5 Å². The summed E-state index contributed by atoms with van der Waals surface area (Å²) in [6, 6.07) is 8.32. The normalized spacial score (nSPS) is 17.3. The van der Waals surface area contributed by atoms with Crippen LogP contribution in [0.2, 0.25) is 0 Å². The molecule has 2 aromatic rings. The lowest BCUT2D eigenvalue weighted by molar-refractivity contribution is 0.114. The van der Waals surface area contributed by atoms with E-state index >= 15 is 0 Å². The lowest BCUT2D eigenvalue weighted by Crippen LogP contribution is -2.40. The Labute approximate surface area is 166 Å². The van der Waals surface area contributed by atoms with Gasteiger partial charge < -0.3 is 15.0 Å². The van der Waals surface area contributed by atoms with E-state index in [0.717, 1.165) is 63.0 Å². The van der Waals surface area contributed by atoms with Crippen LogP contribution in [0.4, 0.5) is 4.39 Å². The monoisotopic (exact) mass is 387 g/mol. The molecule has 1 aromatic heterocycles. The molecule has 1 unspecified atom stereocenters. The lowest BCUT2D eigenvalue weighted by Gasteiger charge is -2.21. The zero-order valence-corrected chi connectivity index (χ0v) is 16.8. The van der Waals surface area contributed by atoms with Crippen LogP contribution >= 0.6 is 0 Å². The van der Waals surface area contributed by atoms with E-state index < -0.39 is 0 Å². The van der Waals surface area contributed by atoms with Gasteiger partial charge in [-0.2, -0.15) is 5.10 Å². The minimum Gasteiger partial charge on any atom is -0.381 e. The standard InChI is InChI=1S/C21H30FN5O/c1-3-23-21(26-13-10-17(15-26)16-28-4-2)24-12-9-19-11-14-27(25-19)20-7-5-18(22)6-8-20/h5-8,11,14,17H,3-4,9-10,12-13,15-16H2,1-2H3,(H,23,24). The van der Waals surface area contributed by atoms with E-state index in [2.05, 4.69) is 22.2 Å². The van der Waals surface area contributed by atoms with Gasteiger partial charge in [0.15, 0.2) is 5.96 Å². The summed E-state index contributed by atoms with van der Waals surface area (Å²) in [5.41, 5.74) is 1.82. The van der Waals surface area contributed by atoms with Crippen LogP contribution in [-0.2, 0) is 11.2 Å². The Balaban J connectivity index is 1.55. The van der Waals surface area contributed by atoms with E-state index in [1.54, 1.807) is 16.8 Å². The first-order chi connectivity index (χ1) is 13.7. The van der Waals surface area contributed by atoms with Crippen LogP contribution in [0.3, 0.4) is 0 Å². The zero-order valence-electron chi connectivity index (χ0n) is 16.8. The van der Waals surface area contributed by atoms with Gasteiger partial charge in [0.1, 0.15) is 5.82 Å². The molecule has 0 amide bonds. The summed E-state index contributed by atoms with van der Waals surface area (Å²) in [5, 5.41) is 7.97. The Hall–Kier alpha value is -2.41. The molecule has 0 bridgehead atoms. The average molecular weight is 388 g/mol. The van der Waals surface area contributed by atoms with E-state index in [-0.39, 0.29) is 5.82 Å². The highest BCUT2D eigenvalue weighted by Gasteiger charge is 2.24. The van der Waals surface area contributed by atoms with Gasteiger partial charge in [0, 0.05) is 51.3 Å². The molecule has 1 aromatic carbocycles. The van der Waals surface area contributed by atoms with Crippen molar-refractivity contribution >= 4 is 5.96 Å². The van der Waals surface area contributed by atoms with Crippen LogP contribution in [0.25, 0.3) is 5.69 Å². The number of halogens is 1. The molecule has 0 aliphatic carbocycles. The molecular formula is C21H30FN5O. The van der Waals surface area contributed by atoms with Crippen LogP contribution in [0.5, 0.6) is 0 Å². The van der Waals surface area contributed by atoms with Gasteiger partial charge in [0.2, 0.25) is 0 Å². The minimum absolute atomic E-state index is 0.244. The van der Waals surface area contributed by atoms with Gasteiger partial charge in [-0.25, -0.2) is 9.07 Å². The first-order valence-electron chi connectivity index (χ1n) is 10.1. The SMILES string of the molecule is CCNC(=NCCc1ccn(-c2ccc(F)cc2)n1)N1CCC(COCC)C1. The molecular weight excluding hydrogens is 357 g/mol. The zero-order chi connectivity index (χ0) is 19.8. The number of ether oxygens (including phenoxy) is 1. The van der Waals surface area contributed by atoms with Gasteiger partial charge in [0.05, 0.1) is 18.0 Å². The summed E-state index contributed by atoms with van der Waals surface area (Å²) < 4.78 is 20.4. The average Bonchev–Trinajstić information content (AvgIpc) is 3.36. The summed E-state index contributed by atoms with van der Waals surface area (Å²) >= 11 is 0.